The molecule has 0 radical (unpaired) electrons. The highest BCUT2D eigenvalue weighted by atomic mass is 35.5. The molecule has 1 aromatic carbocycles. The van der Waals surface area contributed by atoms with Gasteiger partial charge in [0.2, 0.25) is 0 Å². The maximum Gasteiger partial charge on any atom is 0.192 e. The van der Waals surface area contributed by atoms with Crippen LogP contribution in [-0.4, -0.2) is 31.5 Å². The summed E-state index contributed by atoms with van der Waals surface area (Å²) in [5.41, 5.74) is 1.68. The van der Waals surface area contributed by atoms with Crippen LogP contribution in [0.1, 0.15) is 11.5 Å². The molecule has 0 spiro atoms. The number of halogens is 1. The lowest BCUT2D eigenvalue weighted by atomic mass is 10.2. The Morgan fingerprint density at radius 2 is 2.04 bits per heavy atom. The van der Waals surface area contributed by atoms with Gasteiger partial charge in [-0.1, -0.05) is 27.9 Å². The number of rotatable bonds is 7. The molecule has 4 aromatic rings. The maximum absolute atomic E-state index is 6.10. The largest absolute Gasteiger partial charge is 0.497 e. The van der Waals surface area contributed by atoms with Crippen molar-refractivity contribution in [1.29, 1.82) is 0 Å². The quantitative estimate of drug-likeness (QED) is 0.411. The maximum atomic E-state index is 6.10. The van der Waals surface area contributed by atoms with E-state index in [0.29, 0.717) is 16.6 Å². The fourth-order valence-corrected chi connectivity index (χ4v) is 4.14. The van der Waals surface area contributed by atoms with E-state index in [9.17, 15) is 0 Å². The minimum atomic E-state index is 0.521. The number of hydrogen-bond acceptors (Lipinski definition) is 8. The zero-order valence-electron chi connectivity index (χ0n) is 14.2. The fraction of sp³-hybridized carbons (Fsp3) is 0.176. The number of hydrogen-bond donors (Lipinski definition) is 0. The van der Waals surface area contributed by atoms with Crippen molar-refractivity contribution >= 4 is 34.9 Å². The summed E-state index contributed by atoms with van der Waals surface area (Å²) in [4.78, 5) is 0. The van der Waals surface area contributed by atoms with Crippen molar-refractivity contribution < 1.29 is 9.15 Å². The average molecular weight is 420 g/mol. The number of aromatic nitrogens is 5. The van der Waals surface area contributed by atoms with E-state index in [4.69, 9.17) is 20.8 Å². The monoisotopic (exact) mass is 419 g/mol. The first kappa shape index (κ1) is 18.0. The van der Waals surface area contributed by atoms with E-state index in [1.54, 1.807) is 13.4 Å². The van der Waals surface area contributed by atoms with Gasteiger partial charge in [0.25, 0.3) is 0 Å². The number of methoxy groups -OCH3 is 1. The van der Waals surface area contributed by atoms with Gasteiger partial charge in [0.1, 0.15) is 21.5 Å². The Labute approximate surface area is 168 Å². The second-order valence-corrected chi connectivity index (χ2v) is 7.78. The summed E-state index contributed by atoms with van der Waals surface area (Å²) < 4.78 is 17.2. The topological polar surface area (TPSA) is 78.9 Å². The Balaban J connectivity index is 1.65. The molecule has 0 fully saturated rings. The van der Waals surface area contributed by atoms with Crippen LogP contribution in [0, 0.1) is 0 Å². The van der Waals surface area contributed by atoms with Crippen LogP contribution < -0.4 is 4.74 Å². The number of nitrogens with zero attached hydrogens (tertiary/aromatic N) is 5. The molecule has 10 heteroatoms. The third kappa shape index (κ3) is 4.00. The molecule has 27 heavy (non-hydrogen) atoms. The van der Waals surface area contributed by atoms with E-state index >= 15 is 0 Å². The molecule has 0 aliphatic heterocycles. The van der Waals surface area contributed by atoms with Crippen LogP contribution >= 0.6 is 34.9 Å². The molecular formula is C17H14ClN5O2S2. The van der Waals surface area contributed by atoms with Crippen LogP contribution in [-0.2, 0) is 12.3 Å². The van der Waals surface area contributed by atoms with Gasteiger partial charge in [-0.25, -0.2) is 0 Å². The Morgan fingerprint density at radius 3 is 2.70 bits per heavy atom. The Hall–Kier alpha value is -2.36. The van der Waals surface area contributed by atoms with Gasteiger partial charge in [-0.2, -0.15) is 0 Å². The van der Waals surface area contributed by atoms with Crippen molar-refractivity contribution in [2.45, 2.75) is 17.5 Å². The summed E-state index contributed by atoms with van der Waals surface area (Å²) in [6.07, 6.45) is 1.65. The number of ether oxygens (including phenoxy) is 1. The lowest BCUT2D eigenvalue weighted by Gasteiger charge is -2.09. The normalized spacial score (nSPS) is 11.0. The first-order valence-electron chi connectivity index (χ1n) is 7.94. The molecule has 3 heterocycles. The molecule has 0 atom stereocenters. The molecular weight excluding hydrogens is 406 g/mol. The fourth-order valence-electron chi connectivity index (χ4n) is 2.47. The van der Waals surface area contributed by atoms with Crippen molar-refractivity contribution in [3.8, 4) is 17.1 Å². The minimum absolute atomic E-state index is 0.521. The standard InChI is InChI=1S/C17H14ClN5O2S2/c1-24-12-6-4-11(5-7-12)16-20-21-17(23(16)9-13-3-2-8-25-13)26-10-14-15(18)27-22-19-14/h2-8H,9-10H2,1H3. The van der Waals surface area contributed by atoms with Crippen molar-refractivity contribution in [3.63, 3.8) is 0 Å². The minimum Gasteiger partial charge on any atom is -0.497 e. The number of furan rings is 1. The summed E-state index contributed by atoms with van der Waals surface area (Å²) in [6, 6.07) is 11.5. The summed E-state index contributed by atoms with van der Waals surface area (Å²) in [5, 5.41) is 13.5. The Morgan fingerprint density at radius 1 is 1.19 bits per heavy atom. The third-order valence-corrected chi connectivity index (χ3v) is 5.77. The van der Waals surface area contributed by atoms with E-state index in [2.05, 4.69) is 19.8 Å². The summed E-state index contributed by atoms with van der Waals surface area (Å²) in [5.74, 6) is 2.92. The lowest BCUT2D eigenvalue weighted by molar-refractivity contribution is 0.415. The molecule has 0 amide bonds. The van der Waals surface area contributed by atoms with E-state index < -0.39 is 0 Å². The second kappa shape index (κ2) is 8.12. The zero-order chi connectivity index (χ0) is 18.6. The van der Waals surface area contributed by atoms with E-state index in [1.165, 1.54) is 23.3 Å². The van der Waals surface area contributed by atoms with Gasteiger partial charge >= 0.3 is 0 Å². The summed E-state index contributed by atoms with van der Waals surface area (Å²) in [6.45, 7) is 0.521. The molecule has 0 unspecified atom stereocenters. The molecule has 0 bridgehead atoms. The van der Waals surface area contributed by atoms with Gasteiger partial charge in [0, 0.05) is 22.8 Å². The van der Waals surface area contributed by atoms with Gasteiger partial charge in [-0.3, -0.25) is 4.57 Å². The van der Waals surface area contributed by atoms with Gasteiger partial charge in [0.05, 0.1) is 19.9 Å². The molecule has 7 nitrogen and oxygen atoms in total. The van der Waals surface area contributed by atoms with E-state index in [-0.39, 0.29) is 0 Å². The molecule has 138 valence electrons. The Kier molecular flexibility index (Phi) is 5.42. The Bertz CT molecular complexity index is 1010. The van der Waals surface area contributed by atoms with Crippen LogP contribution in [0.5, 0.6) is 5.75 Å². The van der Waals surface area contributed by atoms with Crippen LogP contribution in [0.2, 0.25) is 4.34 Å². The van der Waals surface area contributed by atoms with Gasteiger partial charge in [-0.05, 0) is 36.4 Å². The smallest absolute Gasteiger partial charge is 0.192 e. The zero-order valence-corrected chi connectivity index (χ0v) is 16.6. The first-order valence-corrected chi connectivity index (χ1v) is 10.1. The second-order valence-electron chi connectivity index (χ2n) is 5.48. The van der Waals surface area contributed by atoms with Crippen molar-refractivity contribution in [3.05, 3.63) is 58.5 Å². The van der Waals surface area contributed by atoms with Crippen LogP contribution in [0.25, 0.3) is 11.4 Å². The van der Waals surface area contributed by atoms with Crippen LogP contribution in [0.15, 0.2) is 52.2 Å². The molecule has 0 saturated carbocycles. The van der Waals surface area contributed by atoms with Crippen molar-refractivity contribution in [2.24, 2.45) is 0 Å². The molecule has 0 aliphatic carbocycles. The van der Waals surface area contributed by atoms with Gasteiger partial charge in [0.15, 0.2) is 11.0 Å². The molecule has 0 saturated heterocycles. The molecule has 3 aromatic heterocycles. The van der Waals surface area contributed by atoms with E-state index in [0.717, 1.165) is 33.7 Å². The first-order chi connectivity index (χ1) is 13.2. The lowest BCUT2D eigenvalue weighted by Crippen LogP contribution is -2.03. The summed E-state index contributed by atoms with van der Waals surface area (Å²) in [7, 11) is 1.64. The number of benzene rings is 1. The molecule has 0 aliphatic rings. The van der Waals surface area contributed by atoms with Gasteiger partial charge < -0.3 is 9.15 Å². The predicted octanol–water partition coefficient (Wildman–Crippen LogP) is 4.39. The van der Waals surface area contributed by atoms with E-state index in [1.807, 2.05) is 41.0 Å². The number of thioether (sulfide) groups is 1. The van der Waals surface area contributed by atoms with Crippen LogP contribution in [0.4, 0.5) is 0 Å². The van der Waals surface area contributed by atoms with Gasteiger partial charge in [-0.15, -0.1) is 15.3 Å². The predicted molar refractivity (Wildman–Crippen MR) is 104 cm³/mol. The SMILES string of the molecule is COc1ccc(-c2nnc(SCc3nnsc3Cl)n2Cc2ccco2)cc1. The van der Waals surface area contributed by atoms with Crippen molar-refractivity contribution in [2.75, 3.05) is 7.11 Å². The summed E-state index contributed by atoms with van der Waals surface area (Å²) >= 11 is 8.78. The molecule has 0 N–H and O–H groups in total. The third-order valence-electron chi connectivity index (χ3n) is 3.81. The molecule has 4 rings (SSSR count). The highest BCUT2D eigenvalue weighted by Crippen LogP contribution is 2.30. The highest BCUT2D eigenvalue weighted by molar-refractivity contribution is 7.98. The van der Waals surface area contributed by atoms with Crippen LogP contribution in [0.3, 0.4) is 0 Å². The van der Waals surface area contributed by atoms with Crippen molar-refractivity contribution in [1.82, 2.24) is 24.4 Å². The highest BCUT2D eigenvalue weighted by Gasteiger charge is 2.17. The average Bonchev–Trinajstić information content (AvgIpc) is 3.43.